The SMILES string of the molecule is C#CCNCCn1ccn2nccc2c1=O. The predicted octanol–water partition coefficient (Wildman–Crippen LogP) is -0.281. The lowest BCUT2D eigenvalue weighted by atomic mass is 10.5. The van der Waals surface area contributed by atoms with Crippen LogP contribution in [-0.2, 0) is 6.54 Å². The number of aromatic nitrogens is 3. The second-order valence-corrected chi connectivity index (χ2v) is 3.34. The Labute approximate surface area is 92.7 Å². The van der Waals surface area contributed by atoms with Gasteiger partial charge in [-0.25, -0.2) is 4.52 Å². The van der Waals surface area contributed by atoms with Crippen LogP contribution in [0.5, 0.6) is 0 Å². The Morgan fingerprint density at radius 2 is 2.38 bits per heavy atom. The smallest absolute Gasteiger partial charge is 0.276 e. The van der Waals surface area contributed by atoms with E-state index in [0.29, 0.717) is 25.2 Å². The zero-order chi connectivity index (χ0) is 11.4. The second kappa shape index (κ2) is 4.64. The zero-order valence-corrected chi connectivity index (χ0v) is 8.76. The van der Waals surface area contributed by atoms with Crippen LogP contribution in [0.2, 0.25) is 0 Å². The van der Waals surface area contributed by atoms with Crippen LogP contribution in [0.1, 0.15) is 0 Å². The van der Waals surface area contributed by atoms with Crippen LogP contribution in [0, 0.1) is 12.3 Å². The summed E-state index contributed by atoms with van der Waals surface area (Å²) in [6.45, 7) is 1.79. The molecule has 2 aromatic heterocycles. The van der Waals surface area contributed by atoms with Crippen LogP contribution < -0.4 is 10.9 Å². The third kappa shape index (κ3) is 1.97. The van der Waals surface area contributed by atoms with Crippen molar-refractivity contribution in [2.45, 2.75) is 6.54 Å². The van der Waals surface area contributed by atoms with E-state index in [9.17, 15) is 4.79 Å². The first-order chi connectivity index (χ1) is 7.83. The van der Waals surface area contributed by atoms with Crippen LogP contribution >= 0.6 is 0 Å². The molecule has 0 amide bonds. The van der Waals surface area contributed by atoms with Crippen LogP contribution in [0.3, 0.4) is 0 Å². The molecule has 0 atom stereocenters. The molecule has 0 saturated heterocycles. The highest BCUT2D eigenvalue weighted by atomic mass is 16.1. The highest BCUT2D eigenvalue weighted by molar-refractivity contribution is 5.42. The molecule has 0 fully saturated rings. The van der Waals surface area contributed by atoms with Crippen molar-refractivity contribution >= 4 is 5.52 Å². The molecule has 0 aromatic carbocycles. The lowest BCUT2D eigenvalue weighted by molar-refractivity contribution is 0.609. The Balaban J connectivity index is 2.16. The minimum Gasteiger partial charge on any atom is -0.311 e. The molecule has 2 rings (SSSR count). The van der Waals surface area contributed by atoms with Crippen molar-refractivity contribution < 1.29 is 0 Å². The number of nitrogens with one attached hydrogen (secondary N) is 1. The number of fused-ring (bicyclic) bond motifs is 1. The van der Waals surface area contributed by atoms with Gasteiger partial charge in [0, 0.05) is 25.5 Å². The van der Waals surface area contributed by atoms with Crippen molar-refractivity contribution in [3.05, 3.63) is 35.0 Å². The van der Waals surface area contributed by atoms with E-state index in [1.165, 1.54) is 0 Å². The summed E-state index contributed by atoms with van der Waals surface area (Å²) >= 11 is 0. The minimum atomic E-state index is -0.0393. The number of nitrogens with zero attached hydrogens (tertiary/aromatic N) is 3. The lowest BCUT2D eigenvalue weighted by Crippen LogP contribution is -2.27. The van der Waals surface area contributed by atoms with Crippen molar-refractivity contribution in [2.75, 3.05) is 13.1 Å². The summed E-state index contributed by atoms with van der Waals surface area (Å²) < 4.78 is 3.20. The Hall–Kier alpha value is -2.06. The summed E-state index contributed by atoms with van der Waals surface area (Å²) in [4.78, 5) is 11.9. The largest absolute Gasteiger partial charge is 0.311 e. The van der Waals surface area contributed by atoms with Crippen molar-refractivity contribution in [1.29, 1.82) is 0 Å². The van der Waals surface area contributed by atoms with Crippen molar-refractivity contribution in [1.82, 2.24) is 19.5 Å². The van der Waals surface area contributed by atoms with Crippen molar-refractivity contribution in [3.63, 3.8) is 0 Å². The minimum absolute atomic E-state index is 0.0393. The van der Waals surface area contributed by atoms with Gasteiger partial charge in [-0.2, -0.15) is 5.10 Å². The van der Waals surface area contributed by atoms with E-state index in [2.05, 4.69) is 16.3 Å². The molecule has 0 radical (unpaired) electrons. The number of hydrogen-bond acceptors (Lipinski definition) is 3. The summed E-state index contributed by atoms with van der Waals surface area (Å²) in [6.07, 6.45) is 10.2. The van der Waals surface area contributed by atoms with Gasteiger partial charge in [0.2, 0.25) is 0 Å². The van der Waals surface area contributed by atoms with Gasteiger partial charge < -0.3 is 9.88 Å². The molecule has 0 aliphatic heterocycles. The third-order valence-electron chi connectivity index (χ3n) is 2.29. The van der Waals surface area contributed by atoms with Gasteiger partial charge in [-0.3, -0.25) is 4.79 Å². The predicted molar refractivity (Wildman–Crippen MR) is 61.2 cm³/mol. The highest BCUT2D eigenvalue weighted by Crippen LogP contribution is 1.93. The van der Waals surface area contributed by atoms with Gasteiger partial charge in [0.15, 0.2) is 0 Å². The zero-order valence-electron chi connectivity index (χ0n) is 8.76. The first kappa shape index (κ1) is 10.5. The van der Waals surface area contributed by atoms with Crippen LogP contribution in [0.4, 0.5) is 0 Å². The molecule has 0 aliphatic rings. The van der Waals surface area contributed by atoms with Gasteiger partial charge in [-0.05, 0) is 6.07 Å². The molecule has 0 saturated carbocycles. The fraction of sp³-hybridized carbons (Fsp3) is 0.273. The van der Waals surface area contributed by atoms with Gasteiger partial charge >= 0.3 is 0 Å². The van der Waals surface area contributed by atoms with Gasteiger partial charge in [0.05, 0.1) is 12.7 Å². The molecule has 0 unspecified atom stereocenters. The van der Waals surface area contributed by atoms with E-state index in [4.69, 9.17) is 6.42 Å². The monoisotopic (exact) mass is 216 g/mol. The molecule has 1 N–H and O–H groups in total. The standard InChI is InChI=1S/C11H12N4O/c1-2-4-12-6-7-14-8-9-15-10(11(14)16)3-5-13-15/h1,3,5,8-9,12H,4,6-7H2. The molecule has 2 aromatic rings. The summed E-state index contributed by atoms with van der Waals surface area (Å²) in [5, 5.41) is 7.03. The average molecular weight is 216 g/mol. The highest BCUT2D eigenvalue weighted by Gasteiger charge is 2.01. The van der Waals surface area contributed by atoms with E-state index in [1.807, 2.05) is 0 Å². The van der Waals surface area contributed by atoms with Crippen molar-refractivity contribution in [2.24, 2.45) is 0 Å². The summed E-state index contributed by atoms with van der Waals surface area (Å²) in [5.41, 5.74) is 0.543. The number of hydrogen-bond donors (Lipinski definition) is 1. The molecule has 82 valence electrons. The second-order valence-electron chi connectivity index (χ2n) is 3.34. The topological polar surface area (TPSA) is 51.3 Å². The number of rotatable bonds is 4. The molecule has 0 spiro atoms. The summed E-state index contributed by atoms with van der Waals surface area (Å²) in [7, 11) is 0. The fourth-order valence-corrected chi connectivity index (χ4v) is 1.50. The lowest BCUT2D eigenvalue weighted by Gasteiger charge is -2.05. The molecule has 5 heteroatoms. The molecule has 16 heavy (non-hydrogen) atoms. The molecule has 0 bridgehead atoms. The van der Waals surface area contributed by atoms with Crippen LogP contribution in [0.25, 0.3) is 5.52 Å². The van der Waals surface area contributed by atoms with Gasteiger partial charge in [0.1, 0.15) is 5.52 Å². The van der Waals surface area contributed by atoms with E-state index >= 15 is 0 Å². The van der Waals surface area contributed by atoms with Crippen LogP contribution in [-0.4, -0.2) is 27.3 Å². The Morgan fingerprint density at radius 3 is 3.19 bits per heavy atom. The Kier molecular flexibility index (Phi) is 3.03. The van der Waals surface area contributed by atoms with Crippen LogP contribution in [0.15, 0.2) is 29.5 Å². The quantitative estimate of drug-likeness (QED) is 0.565. The molecule has 0 aliphatic carbocycles. The Bertz CT molecular complexity index is 575. The van der Waals surface area contributed by atoms with Gasteiger partial charge in [-0.15, -0.1) is 6.42 Å². The molecular formula is C11H12N4O. The Morgan fingerprint density at radius 1 is 1.50 bits per heavy atom. The average Bonchev–Trinajstić information content (AvgIpc) is 2.76. The fourth-order valence-electron chi connectivity index (χ4n) is 1.50. The van der Waals surface area contributed by atoms with E-state index in [-0.39, 0.29) is 5.56 Å². The first-order valence-corrected chi connectivity index (χ1v) is 5.00. The third-order valence-corrected chi connectivity index (χ3v) is 2.29. The molecule has 2 heterocycles. The maximum Gasteiger partial charge on any atom is 0.276 e. The number of terminal acetylenes is 1. The van der Waals surface area contributed by atoms with Gasteiger partial charge in [0.25, 0.3) is 5.56 Å². The van der Waals surface area contributed by atoms with Gasteiger partial charge in [-0.1, -0.05) is 5.92 Å². The summed E-state index contributed by atoms with van der Waals surface area (Å²) in [5.74, 6) is 2.48. The normalized spacial score (nSPS) is 10.4. The van der Waals surface area contributed by atoms with Crippen molar-refractivity contribution in [3.8, 4) is 12.3 Å². The van der Waals surface area contributed by atoms with E-state index in [0.717, 1.165) is 0 Å². The molecular weight excluding hydrogens is 204 g/mol. The molecule has 5 nitrogen and oxygen atoms in total. The van der Waals surface area contributed by atoms with E-state index in [1.54, 1.807) is 33.7 Å². The maximum absolute atomic E-state index is 11.9. The first-order valence-electron chi connectivity index (χ1n) is 5.00. The summed E-state index contributed by atoms with van der Waals surface area (Å²) in [6, 6.07) is 1.70. The van der Waals surface area contributed by atoms with E-state index < -0.39 is 0 Å². The maximum atomic E-state index is 11.9.